The molecule has 1 heterocycles. The third-order valence-corrected chi connectivity index (χ3v) is 2.83. The first-order chi connectivity index (χ1) is 8.24. The standard InChI is InChI=1S/C11H19N5O/c12-9-7-10(16-11(13)15-9)14-5-6-17-8-3-1-2-4-8/h7-8H,1-6H2,(H5,12,13,14,15,16). The summed E-state index contributed by atoms with van der Waals surface area (Å²) in [4.78, 5) is 7.82. The molecule has 6 heteroatoms. The van der Waals surface area contributed by atoms with E-state index < -0.39 is 0 Å². The smallest absolute Gasteiger partial charge is 0.223 e. The van der Waals surface area contributed by atoms with Gasteiger partial charge in [-0.05, 0) is 12.8 Å². The molecular weight excluding hydrogens is 218 g/mol. The fourth-order valence-electron chi connectivity index (χ4n) is 2.04. The van der Waals surface area contributed by atoms with Crippen molar-refractivity contribution in [1.29, 1.82) is 0 Å². The van der Waals surface area contributed by atoms with Gasteiger partial charge in [0.2, 0.25) is 5.95 Å². The first-order valence-electron chi connectivity index (χ1n) is 5.99. The van der Waals surface area contributed by atoms with Crippen LogP contribution in [0.4, 0.5) is 17.6 Å². The zero-order valence-electron chi connectivity index (χ0n) is 9.85. The first kappa shape index (κ1) is 11.9. The second-order valence-corrected chi connectivity index (χ2v) is 4.24. The van der Waals surface area contributed by atoms with E-state index in [0.29, 0.717) is 30.9 Å². The van der Waals surface area contributed by atoms with Gasteiger partial charge in [0.1, 0.15) is 11.6 Å². The summed E-state index contributed by atoms with van der Waals surface area (Å²) in [6.07, 6.45) is 5.40. The fraction of sp³-hybridized carbons (Fsp3) is 0.636. The van der Waals surface area contributed by atoms with E-state index in [9.17, 15) is 0 Å². The zero-order valence-corrected chi connectivity index (χ0v) is 9.85. The highest BCUT2D eigenvalue weighted by Gasteiger charge is 2.14. The number of nitrogens with one attached hydrogen (secondary N) is 1. The van der Waals surface area contributed by atoms with Gasteiger partial charge < -0.3 is 21.5 Å². The van der Waals surface area contributed by atoms with Gasteiger partial charge in [-0.15, -0.1) is 0 Å². The summed E-state index contributed by atoms with van der Waals surface area (Å²) in [5.41, 5.74) is 11.1. The van der Waals surface area contributed by atoms with Gasteiger partial charge in [0.15, 0.2) is 0 Å². The molecule has 0 aromatic carbocycles. The Balaban J connectivity index is 1.70. The Hall–Kier alpha value is -1.56. The summed E-state index contributed by atoms with van der Waals surface area (Å²) in [5.74, 6) is 1.20. The Morgan fingerprint density at radius 1 is 1.29 bits per heavy atom. The number of ether oxygens (including phenoxy) is 1. The second-order valence-electron chi connectivity index (χ2n) is 4.24. The highest BCUT2D eigenvalue weighted by Crippen LogP contribution is 2.20. The molecule has 1 aromatic heterocycles. The molecule has 0 atom stereocenters. The highest BCUT2D eigenvalue weighted by atomic mass is 16.5. The van der Waals surface area contributed by atoms with E-state index >= 15 is 0 Å². The molecule has 0 spiro atoms. The van der Waals surface area contributed by atoms with E-state index in [1.165, 1.54) is 25.7 Å². The largest absolute Gasteiger partial charge is 0.383 e. The normalized spacial score (nSPS) is 16.2. The molecule has 1 aliphatic rings. The van der Waals surface area contributed by atoms with E-state index in [-0.39, 0.29) is 5.95 Å². The van der Waals surface area contributed by atoms with Crippen molar-refractivity contribution >= 4 is 17.6 Å². The van der Waals surface area contributed by atoms with Crippen molar-refractivity contribution in [2.45, 2.75) is 31.8 Å². The van der Waals surface area contributed by atoms with Crippen LogP contribution in [0.25, 0.3) is 0 Å². The van der Waals surface area contributed by atoms with Gasteiger partial charge in [-0.1, -0.05) is 12.8 Å². The van der Waals surface area contributed by atoms with Gasteiger partial charge in [0.25, 0.3) is 0 Å². The number of aromatic nitrogens is 2. The van der Waals surface area contributed by atoms with Gasteiger partial charge in [-0.3, -0.25) is 0 Å². The third-order valence-electron chi connectivity index (χ3n) is 2.83. The molecule has 94 valence electrons. The molecule has 1 saturated carbocycles. The SMILES string of the molecule is Nc1cc(NCCOC2CCCC2)nc(N)n1. The summed E-state index contributed by atoms with van der Waals surface area (Å²) >= 11 is 0. The van der Waals surface area contributed by atoms with E-state index in [4.69, 9.17) is 16.2 Å². The molecule has 1 aliphatic carbocycles. The molecular formula is C11H19N5O. The lowest BCUT2D eigenvalue weighted by molar-refractivity contribution is 0.0658. The molecule has 17 heavy (non-hydrogen) atoms. The Morgan fingerprint density at radius 3 is 2.76 bits per heavy atom. The summed E-state index contributed by atoms with van der Waals surface area (Å²) in [7, 11) is 0. The lowest BCUT2D eigenvalue weighted by atomic mass is 10.3. The van der Waals surface area contributed by atoms with Crippen molar-refractivity contribution in [2.75, 3.05) is 29.9 Å². The molecule has 0 bridgehead atoms. The molecule has 5 N–H and O–H groups in total. The van der Waals surface area contributed by atoms with E-state index in [1.807, 2.05) is 0 Å². The van der Waals surface area contributed by atoms with Crippen molar-refractivity contribution < 1.29 is 4.74 Å². The molecule has 1 fully saturated rings. The average molecular weight is 237 g/mol. The third kappa shape index (κ3) is 3.74. The van der Waals surface area contributed by atoms with E-state index in [1.54, 1.807) is 6.07 Å². The van der Waals surface area contributed by atoms with Crippen molar-refractivity contribution in [1.82, 2.24) is 9.97 Å². The van der Waals surface area contributed by atoms with Gasteiger partial charge >= 0.3 is 0 Å². The Kier molecular flexibility index (Phi) is 3.98. The lowest BCUT2D eigenvalue weighted by Gasteiger charge is -2.11. The number of nitrogens with zero attached hydrogens (tertiary/aromatic N) is 2. The van der Waals surface area contributed by atoms with Crippen LogP contribution >= 0.6 is 0 Å². The second kappa shape index (κ2) is 5.67. The number of nitrogen functional groups attached to an aromatic ring is 2. The molecule has 6 nitrogen and oxygen atoms in total. The van der Waals surface area contributed by atoms with E-state index in [2.05, 4.69) is 15.3 Å². The van der Waals surface area contributed by atoms with Gasteiger partial charge in [-0.2, -0.15) is 9.97 Å². The van der Waals surface area contributed by atoms with Crippen LogP contribution in [0.5, 0.6) is 0 Å². The molecule has 0 saturated heterocycles. The number of hydrogen-bond acceptors (Lipinski definition) is 6. The monoisotopic (exact) mass is 237 g/mol. The van der Waals surface area contributed by atoms with Crippen LogP contribution < -0.4 is 16.8 Å². The van der Waals surface area contributed by atoms with E-state index in [0.717, 1.165) is 0 Å². The maximum Gasteiger partial charge on any atom is 0.223 e. The van der Waals surface area contributed by atoms with Crippen molar-refractivity contribution in [3.05, 3.63) is 6.07 Å². The van der Waals surface area contributed by atoms with Crippen LogP contribution in [0, 0.1) is 0 Å². The number of hydrogen-bond donors (Lipinski definition) is 3. The Bertz CT molecular complexity index is 345. The Labute approximate surface area is 101 Å². The molecule has 1 aromatic rings. The number of nitrogens with two attached hydrogens (primary N) is 2. The minimum absolute atomic E-state index is 0.184. The highest BCUT2D eigenvalue weighted by molar-refractivity contribution is 5.48. The lowest BCUT2D eigenvalue weighted by Crippen LogP contribution is -2.16. The molecule has 0 unspecified atom stereocenters. The maximum atomic E-state index is 5.72. The Morgan fingerprint density at radius 2 is 2.06 bits per heavy atom. The van der Waals surface area contributed by atoms with Gasteiger partial charge in [0.05, 0.1) is 12.7 Å². The predicted molar refractivity (Wildman–Crippen MR) is 67.6 cm³/mol. The van der Waals surface area contributed by atoms with Crippen LogP contribution in [-0.2, 0) is 4.74 Å². The molecule has 0 aliphatic heterocycles. The summed E-state index contributed by atoms with van der Waals surface area (Å²) in [6, 6.07) is 1.66. The van der Waals surface area contributed by atoms with Crippen LogP contribution in [0.15, 0.2) is 6.07 Å². The van der Waals surface area contributed by atoms with Crippen molar-refractivity contribution in [2.24, 2.45) is 0 Å². The van der Waals surface area contributed by atoms with Gasteiger partial charge in [-0.25, -0.2) is 0 Å². The van der Waals surface area contributed by atoms with Crippen LogP contribution in [-0.4, -0.2) is 29.2 Å². The average Bonchev–Trinajstić information content (AvgIpc) is 2.76. The summed E-state index contributed by atoms with van der Waals surface area (Å²) < 4.78 is 5.72. The number of anilines is 3. The van der Waals surface area contributed by atoms with Crippen molar-refractivity contribution in [3.63, 3.8) is 0 Å². The van der Waals surface area contributed by atoms with Crippen LogP contribution in [0.1, 0.15) is 25.7 Å². The van der Waals surface area contributed by atoms with Crippen molar-refractivity contribution in [3.8, 4) is 0 Å². The zero-order chi connectivity index (χ0) is 12.1. The molecule has 0 amide bonds. The van der Waals surface area contributed by atoms with Gasteiger partial charge in [0, 0.05) is 12.6 Å². The minimum atomic E-state index is 0.184. The summed E-state index contributed by atoms with van der Waals surface area (Å²) in [6.45, 7) is 1.38. The van der Waals surface area contributed by atoms with Crippen LogP contribution in [0.3, 0.4) is 0 Å². The number of rotatable bonds is 5. The molecule has 0 radical (unpaired) electrons. The predicted octanol–water partition coefficient (Wildman–Crippen LogP) is 1.01. The fourth-order valence-corrected chi connectivity index (χ4v) is 2.04. The summed E-state index contributed by atoms with van der Waals surface area (Å²) in [5, 5.41) is 3.11. The maximum absolute atomic E-state index is 5.72. The first-order valence-corrected chi connectivity index (χ1v) is 5.99. The molecule has 2 rings (SSSR count). The minimum Gasteiger partial charge on any atom is -0.383 e. The topological polar surface area (TPSA) is 99.1 Å². The quantitative estimate of drug-likeness (QED) is 0.661. The van der Waals surface area contributed by atoms with Crippen LogP contribution in [0.2, 0.25) is 0 Å².